The first-order valence-electron chi connectivity index (χ1n) is 6.21. The maximum absolute atomic E-state index is 5.72. The van der Waals surface area contributed by atoms with Gasteiger partial charge in [-0.1, -0.05) is 31.9 Å². The molecule has 1 heterocycles. The van der Waals surface area contributed by atoms with Gasteiger partial charge in [-0.2, -0.15) is 4.57 Å². The summed E-state index contributed by atoms with van der Waals surface area (Å²) < 4.78 is 8.00. The van der Waals surface area contributed by atoms with Gasteiger partial charge in [-0.3, -0.25) is 0 Å². The van der Waals surface area contributed by atoms with Crippen molar-refractivity contribution in [3.05, 3.63) is 30.2 Å². The lowest BCUT2D eigenvalue weighted by Gasteiger charge is -1.95. The van der Waals surface area contributed by atoms with Crippen LogP contribution in [0.4, 0.5) is 0 Å². The number of fused-ring (bicyclic) bond motifs is 1. The van der Waals surface area contributed by atoms with Crippen molar-refractivity contribution < 1.29 is 8.98 Å². The molecule has 0 amide bonds. The Balaban J connectivity index is 2.13. The van der Waals surface area contributed by atoms with Gasteiger partial charge in [0.2, 0.25) is 5.58 Å². The van der Waals surface area contributed by atoms with Gasteiger partial charge in [-0.25, -0.2) is 0 Å². The van der Waals surface area contributed by atoms with Gasteiger partial charge in [0, 0.05) is 12.5 Å². The topological polar surface area (TPSA) is 17.0 Å². The molecule has 2 nitrogen and oxygen atoms in total. The van der Waals surface area contributed by atoms with E-state index >= 15 is 0 Å². The highest BCUT2D eigenvalue weighted by molar-refractivity contribution is 5.68. The first kappa shape index (κ1) is 11.2. The lowest BCUT2D eigenvalue weighted by atomic mass is 10.2. The van der Waals surface area contributed by atoms with Crippen LogP contribution in [0.1, 0.15) is 38.5 Å². The van der Waals surface area contributed by atoms with Crippen molar-refractivity contribution >= 4 is 11.1 Å². The summed E-state index contributed by atoms with van der Waals surface area (Å²) in [7, 11) is 0. The van der Waals surface area contributed by atoms with Crippen molar-refractivity contribution in [1.29, 1.82) is 0 Å². The predicted octanol–water partition coefficient (Wildman–Crippen LogP) is 3.61. The Bertz CT molecular complexity index is 459. The Morgan fingerprint density at radius 2 is 1.94 bits per heavy atom. The van der Waals surface area contributed by atoms with E-state index in [1.165, 1.54) is 31.2 Å². The van der Waals surface area contributed by atoms with Crippen molar-refractivity contribution in [2.45, 2.75) is 46.1 Å². The fraction of sp³-hybridized carbons (Fsp3) is 0.500. The molecular weight excluding hydrogens is 198 g/mol. The van der Waals surface area contributed by atoms with Crippen LogP contribution >= 0.6 is 0 Å². The van der Waals surface area contributed by atoms with Crippen LogP contribution in [-0.4, -0.2) is 0 Å². The number of nitrogens with zero attached hydrogens (tertiary/aromatic N) is 1. The maximum Gasteiger partial charge on any atom is 0.344 e. The van der Waals surface area contributed by atoms with E-state index in [0.29, 0.717) is 0 Å². The molecule has 0 N–H and O–H groups in total. The summed E-state index contributed by atoms with van der Waals surface area (Å²) in [6.07, 6.45) is 5.16. The zero-order valence-corrected chi connectivity index (χ0v) is 10.2. The van der Waals surface area contributed by atoms with Crippen LogP contribution in [0, 0.1) is 6.92 Å². The number of para-hydroxylation sites is 2. The summed E-state index contributed by atoms with van der Waals surface area (Å²) in [4.78, 5) is 0. The predicted molar refractivity (Wildman–Crippen MR) is 65.3 cm³/mol. The molecule has 0 saturated heterocycles. The van der Waals surface area contributed by atoms with Gasteiger partial charge in [0.05, 0.1) is 6.92 Å². The summed E-state index contributed by atoms with van der Waals surface area (Å²) in [6, 6.07) is 8.25. The van der Waals surface area contributed by atoms with Gasteiger partial charge in [-0.05, 0) is 12.5 Å². The standard InChI is InChI=1S/C14H20NO/c1-3-4-5-8-11-15-12(2)16-14-10-7-6-9-13(14)15/h6-7,9-10H,3-5,8,11H2,1-2H3/q+1. The van der Waals surface area contributed by atoms with Gasteiger partial charge in [0.1, 0.15) is 0 Å². The third kappa shape index (κ3) is 2.26. The minimum absolute atomic E-state index is 0.996. The third-order valence-electron chi connectivity index (χ3n) is 3.03. The van der Waals surface area contributed by atoms with Crippen molar-refractivity contribution in [1.82, 2.24) is 0 Å². The van der Waals surface area contributed by atoms with Crippen molar-refractivity contribution in [2.24, 2.45) is 0 Å². The summed E-state index contributed by atoms with van der Waals surface area (Å²) in [5.74, 6) is 1.01. The molecular formula is C14H20NO+. The van der Waals surface area contributed by atoms with Crippen LogP contribution in [0.2, 0.25) is 0 Å². The molecule has 1 aromatic carbocycles. The largest absolute Gasteiger partial charge is 0.402 e. The highest BCUT2D eigenvalue weighted by atomic mass is 16.3. The number of benzene rings is 1. The molecule has 0 aliphatic rings. The molecule has 0 bridgehead atoms. The molecule has 0 radical (unpaired) electrons. The van der Waals surface area contributed by atoms with Gasteiger partial charge >= 0.3 is 5.89 Å². The molecule has 2 heteroatoms. The molecule has 0 atom stereocenters. The summed E-state index contributed by atoms with van der Waals surface area (Å²) in [6.45, 7) is 5.36. The van der Waals surface area contributed by atoms with Gasteiger partial charge in [0.25, 0.3) is 5.52 Å². The average Bonchev–Trinajstić information content (AvgIpc) is 2.61. The smallest absolute Gasteiger partial charge is 0.344 e. The zero-order valence-electron chi connectivity index (χ0n) is 10.2. The van der Waals surface area contributed by atoms with Crippen LogP contribution in [-0.2, 0) is 6.54 Å². The second-order valence-corrected chi connectivity index (χ2v) is 4.30. The van der Waals surface area contributed by atoms with Gasteiger partial charge < -0.3 is 4.42 Å². The SMILES string of the molecule is CCCCCC[n+]1c(C)oc2ccccc21. The Kier molecular flexibility index (Phi) is 3.60. The number of aromatic nitrogens is 1. The molecule has 16 heavy (non-hydrogen) atoms. The first-order chi connectivity index (χ1) is 7.83. The second-order valence-electron chi connectivity index (χ2n) is 4.30. The van der Waals surface area contributed by atoms with Gasteiger partial charge in [0.15, 0.2) is 6.54 Å². The Morgan fingerprint density at radius 1 is 1.12 bits per heavy atom. The minimum atomic E-state index is 0.996. The zero-order chi connectivity index (χ0) is 11.4. The van der Waals surface area contributed by atoms with E-state index in [1.807, 2.05) is 19.1 Å². The Labute approximate surface area is 96.9 Å². The van der Waals surface area contributed by atoms with E-state index in [0.717, 1.165) is 18.0 Å². The second kappa shape index (κ2) is 5.15. The summed E-state index contributed by atoms with van der Waals surface area (Å²) >= 11 is 0. The molecule has 0 aliphatic carbocycles. The molecule has 1 aromatic heterocycles. The summed E-state index contributed by atoms with van der Waals surface area (Å²) in [5.41, 5.74) is 2.21. The minimum Gasteiger partial charge on any atom is -0.402 e. The van der Waals surface area contributed by atoms with E-state index in [9.17, 15) is 0 Å². The number of hydrogen-bond acceptors (Lipinski definition) is 1. The highest BCUT2D eigenvalue weighted by Gasteiger charge is 2.17. The number of aryl methyl sites for hydroxylation is 2. The van der Waals surface area contributed by atoms with E-state index in [-0.39, 0.29) is 0 Å². The normalized spacial score (nSPS) is 11.1. The molecule has 0 saturated carbocycles. The fourth-order valence-electron chi connectivity index (χ4n) is 2.12. The molecule has 86 valence electrons. The van der Waals surface area contributed by atoms with E-state index in [1.54, 1.807) is 0 Å². The van der Waals surface area contributed by atoms with Crippen LogP contribution in [0.25, 0.3) is 11.1 Å². The van der Waals surface area contributed by atoms with Gasteiger partial charge in [-0.15, -0.1) is 0 Å². The van der Waals surface area contributed by atoms with Crippen LogP contribution in [0.3, 0.4) is 0 Å². The highest BCUT2D eigenvalue weighted by Crippen LogP contribution is 2.13. The Morgan fingerprint density at radius 3 is 2.75 bits per heavy atom. The van der Waals surface area contributed by atoms with Crippen LogP contribution in [0.5, 0.6) is 0 Å². The van der Waals surface area contributed by atoms with Crippen molar-refractivity contribution in [3.8, 4) is 0 Å². The number of unbranched alkanes of at least 4 members (excludes halogenated alkanes) is 3. The number of hydrogen-bond donors (Lipinski definition) is 0. The maximum atomic E-state index is 5.72. The molecule has 2 rings (SSSR count). The monoisotopic (exact) mass is 218 g/mol. The van der Waals surface area contributed by atoms with Crippen molar-refractivity contribution in [2.75, 3.05) is 0 Å². The van der Waals surface area contributed by atoms with Crippen LogP contribution in [0.15, 0.2) is 28.7 Å². The molecule has 0 fully saturated rings. The quantitative estimate of drug-likeness (QED) is 0.553. The van der Waals surface area contributed by atoms with E-state index in [4.69, 9.17) is 4.42 Å². The average molecular weight is 218 g/mol. The molecule has 0 aliphatic heterocycles. The third-order valence-corrected chi connectivity index (χ3v) is 3.03. The van der Waals surface area contributed by atoms with Crippen molar-refractivity contribution in [3.63, 3.8) is 0 Å². The Hall–Kier alpha value is -1.31. The number of rotatable bonds is 5. The molecule has 2 aromatic rings. The van der Waals surface area contributed by atoms with E-state index in [2.05, 4.69) is 23.6 Å². The lowest BCUT2D eigenvalue weighted by Crippen LogP contribution is -2.35. The van der Waals surface area contributed by atoms with E-state index < -0.39 is 0 Å². The summed E-state index contributed by atoms with van der Waals surface area (Å²) in [5, 5.41) is 0. The number of oxazole rings is 1. The fourth-order valence-corrected chi connectivity index (χ4v) is 2.12. The first-order valence-corrected chi connectivity index (χ1v) is 6.21. The van der Waals surface area contributed by atoms with Crippen LogP contribution < -0.4 is 4.57 Å². The molecule has 0 unspecified atom stereocenters. The molecule has 0 spiro atoms. The lowest BCUT2D eigenvalue weighted by molar-refractivity contribution is -0.683.